The van der Waals surface area contributed by atoms with E-state index in [1.807, 2.05) is 11.4 Å². The van der Waals surface area contributed by atoms with Gasteiger partial charge in [0, 0.05) is 44.2 Å². The van der Waals surface area contributed by atoms with E-state index >= 15 is 0 Å². The van der Waals surface area contributed by atoms with Gasteiger partial charge < -0.3 is 15.4 Å². The Bertz CT molecular complexity index is 753. The molecule has 0 radical (unpaired) electrons. The number of nitrogens with one attached hydrogen (secondary N) is 2. The standard InChI is InChI=1S/C21H28N4O2S/c26-20(19-15-28-21(24-19)22-13-18-7-4-12-27-18)23-17-8-10-25(11-9-17)14-16-5-2-1-3-6-16/h1-3,5-6,15,17-18H,4,7-14H2,(H,22,24)(H,23,26)/t18-/m0/s1. The number of carbonyl (C=O) groups excluding carboxylic acids is 1. The number of hydrogen-bond donors (Lipinski definition) is 2. The second kappa shape index (κ2) is 9.49. The second-order valence-corrected chi connectivity index (χ2v) is 8.42. The highest BCUT2D eigenvalue weighted by atomic mass is 32.1. The van der Waals surface area contributed by atoms with Crippen molar-refractivity contribution in [2.24, 2.45) is 0 Å². The zero-order valence-electron chi connectivity index (χ0n) is 16.1. The van der Waals surface area contributed by atoms with Crippen LogP contribution >= 0.6 is 11.3 Å². The first kappa shape index (κ1) is 19.4. The second-order valence-electron chi connectivity index (χ2n) is 7.56. The van der Waals surface area contributed by atoms with Crippen LogP contribution in [0.2, 0.25) is 0 Å². The van der Waals surface area contributed by atoms with Crippen molar-refractivity contribution < 1.29 is 9.53 Å². The molecule has 2 fully saturated rings. The molecule has 6 nitrogen and oxygen atoms in total. The van der Waals surface area contributed by atoms with Crippen LogP contribution in [0.4, 0.5) is 5.13 Å². The molecule has 2 aliphatic rings. The summed E-state index contributed by atoms with van der Waals surface area (Å²) in [6.45, 7) is 4.60. The number of anilines is 1. The van der Waals surface area contributed by atoms with Crippen molar-refractivity contribution in [2.75, 3.05) is 31.6 Å². The summed E-state index contributed by atoms with van der Waals surface area (Å²) in [4.78, 5) is 19.4. The Morgan fingerprint density at radius 2 is 2.04 bits per heavy atom. The van der Waals surface area contributed by atoms with Crippen molar-refractivity contribution in [1.82, 2.24) is 15.2 Å². The van der Waals surface area contributed by atoms with Crippen LogP contribution in [0.25, 0.3) is 0 Å². The van der Waals surface area contributed by atoms with E-state index in [4.69, 9.17) is 4.74 Å². The van der Waals surface area contributed by atoms with E-state index in [2.05, 4.69) is 44.8 Å². The molecular weight excluding hydrogens is 372 g/mol. The molecule has 2 aliphatic heterocycles. The topological polar surface area (TPSA) is 66.5 Å². The molecule has 3 heterocycles. The minimum Gasteiger partial charge on any atom is -0.376 e. The van der Waals surface area contributed by atoms with Gasteiger partial charge in [-0.25, -0.2) is 4.98 Å². The molecule has 150 valence electrons. The van der Waals surface area contributed by atoms with E-state index in [-0.39, 0.29) is 18.1 Å². The van der Waals surface area contributed by atoms with Crippen LogP contribution in [0.5, 0.6) is 0 Å². The van der Waals surface area contributed by atoms with Gasteiger partial charge in [0.05, 0.1) is 6.10 Å². The quantitative estimate of drug-likeness (QED) is 0.748. The van der Waals surface area contributed by atoms with Gasteiger partial charge >= 0.3 is 0 Å². The summed E-state index contributed by atoms with van der Waals surface area (Å²) in [5, 5.41) is 9.07. The van der Waals surface area contributed by atoms with Crippen LogP contribution in [-0.2, 0) is 11.3 Å². The normalized spacial score (nSPS) is 20.9. The van der Waals surface area contributed by atoms with Gasteiger partial charge in [0.25, 0.3) is 5.91 Å². The summed E-state index contributed by atoms with van der Waals surface area (Å²) in [7, 11) is 0. The van der Waals surface area contributed by atoms with Crippen molar-refractivity contribution in [3.8, 4) is 0 Å². The van der Waals surface area contributed by atoms with Crippen molar-refractivity contribution in [3.63, 3.8) is 0 Å². The molecule has 0 aliphatic carbocycles. The molecule has 4 rings (SSSR count). The van der Waals surface area contributed by atoms with Crippen LogP contribution in [-0.4, -0.2) is 54.2 Å². The lowest BCUT2D eigenvalue weighted by molar-refractivity contribution is 0.0904. The Kier molecular flexibility index (Phi) is 6.57. The third kappa shape index (κ3) is 5.31. The van der Waals surface area contributed by atoms with E-state index in [0.717, 1.165) is 63.6 Å². The van der Waals surface area contributed by atoms with Crippen molar-refractivity contribution in [3.05, 3.63) is 47.0 Å². The molecule has 0 unspecified atom stereocenters. The first-order chi connectivity index (χ1) is 13.8. The van der Waals surface area contributed by atoms with Crippen LogP contribution in [0.3, 0.4) is 0 Å². The van der Waals surface area contributed by atoms with Gasteiger partial charge in [-0.1, -0.05) is 30.3 Å². The molecule has 1 atom stereocenters. The monoisotopic (exact) mass is 400 g/mol. The third-order valence-corrected chi connectivity index (χ3v) is 6.21. The summed E-state index contributed by atoms with van der Waals surface area (Å²) < 4.78 is 5.61. The van der Waals surface area contributed by atoms with Crippen LogP contribution in [0.15, 0.2) is 35.7 Å². The Hall–Kier alpha value is -1.96. The van der Waals surface area contributed by atoms with E-state index < -0.39 is 0 Å². The predicted octanol–water partition coefficient (Wildman–Crippen LogP) is 3.13. The number of amides is 1. The first-order valence-electron chi connectivity index (χ1n) is 10.1. The number of ether oxygens (including phenoxy) is 1. The molecule has 2 aromatic rings. The minimum absolute atomic E-state index is 0.0667. The zero-order valence-corrected chi connectivity index (χ0v) is 16.9. The van der Waals surface area contributed by atoms with Gasteiger partial charge in [-0.05, 0) is 31.2 Å². The summed E-state index contributed by atoms with van der Waals surface area (Å²) >= 11 is 1.48. The number of benzene rings is 1. The molecule has 1 amide bonds. The lowest BCUT2D eigenvalue weighted by atomic mass is 10.0. The van der Waals surface area contributed by atoms with Crippen LogP contribution < -0.4 is 10.6 Å². The Balaban J connectivity index is 1.20. The molecule has 1 aromatic carbocycles. The lowest BCUT2D eigenvalue weighted by Gasteiger charge is -2.32. The van der Waals surface area contributed by atoms with Crippen LogP contribution in [0, 0.1) is 0 Å². The minimum atomic E-state index is -0.0667. The number of aromatic nitrogens is 1. The van der Waals surface area contributed by atoms with Crippen molar-refractivity contribution in [1.29, 1.82) is 0 Å². The van der Waals surface area contributed by atoms with Crippen LogP contribution in [0.1, 0.15) is 41.7 Å². The number of thiazole rings is 1. The number of hydrogen-bond acceptors (Lipinski definition) is 6. The highest BCUT2D eigenvalue weighted by Gasteiger charge is 2.22. The molecule has 1 aromatic heterocycles. The maximum absolute atomic E-state index is 12.5. The Morgan fingerprint density at radius 1 is 1.21 bits per heavy atom. The molecular formula is C21H28N4O2S. The molecule has 0 bridgehead atoms. The average molecular weight is 401 g/mol. The third-order valence-electron chi connectivity index (χ3n) is 5.41. The molecule has 7 heteroatoms. The average Bonchev–Trinajstić information content (AvgIpc) is 3.41. The molecule has 28 heavy (non-hydrogen) atoms. The maximum Gasteiger partial charge on any atom is 0.271 e. The SMILES string of the molecule is O=C(NC1CCN(Cc2ccccc2)CC1)c1csc(NC[C@@H]2CCCO2)n1. The molecule has 2 saturated heterocycles. The van der Waals surface area contributed by atoms with Crippen molar-refractivity contribution >= 4 is 22.4 Å². The lowest BCUT2D eigenvalue weighted by Crippen LogP contribution is -2.44. The molecule has 0 saturated carbocycles. The Labute approximate surface area is 170 Å². The fourth-order valence-corrected chi connectivity index (χ4v) is 4.50. The number of nitrogens with zero attached hydrogens (tertiary/aromatic N) is 2. The van der Waals surface area contributed by atoms with Gasteiger partial charge in [-0.15, -0.1) is 11.3 Å². The zero-order chi connectivity index (χ0) is 19.2. The highest BCUT2D eigenvalue weighted by Crippen LogP contribution is 2.19. The summed E-state index contributed by atoms with van der Waals surface area (Å²) in [5.74, 6) is -0.0667. The summed E-state index contributed by atoms with van der Waals surface area (Å²) in [6.07, 6.45) is 4.44. The Morgan fingerprint density at radius 3 is 2.79 bits per heavy atom. The fraction of sp³-hybridized carbons (Fsp3) is 0.524. The van der Waals surface area contributed by atoms with Crippen molar-refractivity contribution in [2.45, 2.75) is 44.4 Å². The molecule has 0 spiro atoms. The number of rotatable bonds is 7. The fourth-order valence-electron chi connectivity index (χ4n) is 3.80. The highest BCUT2D eigenvalue weighted by molar-refractivity contribution is 7.13. The van der Waals surface area contributed by atoms with E-state index in [0.29, 0.717) is 5.69 Å². The smallest absolute Gasteiger partial charge is 0.271 e. The predicted molar refractivity (Wildman–Crippen MR) is 112 cm³/mol. The maximum atomic E-state index is 12.5. The van der Waals surface area contributed by atoms with Gasteiger partial charge in [-0.3, -0.25) is 9.69 Å². The number of likely N-dealkylation sites (tertiary alicyclic amines) is 1. The summed E-state index contributed by atoms with van der Waals surface area (Å²) in [6, 6.07) is 10.8. The van der Waals surface area contributed by atoms with Gasteiger partial charge in [0.15, 0.2) is 5.13 Å². The van der Waals surface area contributed by atoms with Gasteiger partial charge in [0.1, 0.15) is 5.69 Å². The van der Waals surface area contributed by atoms with E-state index in [1.54, 1.807) is 0 Å². The summed E-state index contributed by atoms with van der Waals surface area (Å²) in [5.41, 5.74) is 1.85. The number of piperidine rings is 1. The van der Waals surface area contributed by atoms with Gasteiger partial charge in [-0.2, -0.15) is 0 Å². The van der Waals surface area contributed by atoms with Gasteiger partial charge in [0.2, 0.25) is 0 Å². The molecule has 2 N–H and O–H groups in total. The van der Waals surface area contributed by atoms with E-state index in [1.165, 1.54) is 16.9 Å². The first-order valence-corrected chi connectivity index (χ1v) is 11.0. The largest absolute Gasteiger partial charge is 0.376 e. The van der Waals surface area contributed by atoms with E-state index in [9.17, 15) is 4.79 Å². The number of carbonyl (C=O) groups is 1.